The van der Waals surface area contributed by atoms with Crippen molar-refractivity contribution < 1.29 is 15.0 Å². The SMILES string of the molecule is O=C(CCc1cn[nH]c1)N1CC[C@@H](O)[C@@](CO)(Cc2ccccc2)C1. The van der Waals surface area contributed by atoms with Crippen LogP contribution in [0.2, 0.25) is 0 Å². The number of hydrogen-bond acceptors (Lipinski definition) is 4. The number of H-pyrrole nitrogens is 1. The Labute approximate surface area is 147 Å². The highest BCUT2D eigenvalue weighted by molar-refractivity contribution is 5.76. The molecule has 2 atom stereocenters. The second kappa shape index (κ2) is 7.80. The smallest absolute Gasteiger partial charge is 0.222 e. The molecule has 134 valence electrons. The molecule has 0 radical (unpaired) electrons. The van der Waals surface area contributed by atoms with E-state index in [0.717, 1.165) is 11.1 Å². The zero-order valence-electron chi connectivity index (χ0n) is 14.3. The summed E-state index contributed by atoms with van der Waals surface area (Å²) in [5.41, 5.74) is 1.36. The number of carbonyl (C=O) groups is 1. The van der Waals surface area contributed by atoms with Gasteiger partial charge < -0.3 is 15.1 Å². The number of benzene rings is 1. The molecule has 25 heavy (non-hydrogen) atoms. The lowest BCUT2D eigenvalue weighted by atomic mass is 9.73. The van der Waals surface area contributed by atoms with Gasteiger partial charge >= 0.3 is 0 Å². The van der Waals surface area contributed by atoms with Gasteiger partial charge in [0, 0.05) is 31.1 Å². The molecule has 0 unspecified atom stereocenters. The zero-order chi connectivity index (χ0) is 17.7. The number of amides is 1. The highest BCUT2D eigenvalue weighted by Crippen LogP contribution is 2.34. The first-order valence-electron chi connectivity index (χ1n) is 8.71. The van der Waals surface area contributed by atoms with E-state index in [-0.39, 0.29) is 12.5 Å². The van der Waals surface area contributed by atoms with Gasteiger partial charge in [-0.25, -0.2) is 0 Å². The molecular formula is C19H25N3O3. The Balaban J connectivity index is 1.67. The van der Waals surface area contributed by atoms with E-state index < -0.39 is 11.5 Å². The van der Waals surface area contributed by atoms with Gasteiger partial charge in [0.05, 0.1) is 18.9 Å². The van der Waals surface area contributed by atoms with Gasteiger partial charge in [-0.1, -0.05) is 30.3 Å². The van der Waals surface area contributed by atoms with Gasteiger partial charge in [0.15, 0.2) is 0 Å². The van der Waals surface area contributed by atoms with E-state index in [0.29, 0.717) is 38.8 Å². The van der Waals surface area contributed by atoms with E-state index in [4.69, 9.17) is 0 Å². The molecule has 1 aromatic carbocycles. The van der Waals surface area contributed by atoms with Crippen LogP contribution in [0, 0.1) is 5.41 Å². The third-order valence-electron chi connectivity index (χ3n) is 5.13. The number of aliphatic hydroxyl groups excluding tert-OH is 2. The van der Waals surface area contributed by atoms with Gasteiger partial charge in [-0.05, 0) is 30.4 Å². The molecule has 2 heterocycles. The van der Waals surface area contributed by atoms with Crippen molar-refractivity contribution in [2.45, 2.75) is 31.8 Å². The van der Waals surface area contributed by atoms with Crippen molar-refractivity contribution in [2.24, 2.45) is 5.41 Å². The fourth-order valence-corrected chi connectivity index (χ4v) is 3.57. The third kappa shape index (κ3) is 4.08. The topological polar surface area (TPSA) is 89.5 Å². The summed E-state index contributed by atoms with van der Waals surface area (Å²) >= 11 is 0. The van der Waals surface area contributed by atoms with E-state index in [1.807, 2.05) is 30.3 Å². The number of hydrogen-bond donors (Lipinski definition) is 3. The molecule has 1 saturated heterocycles. The molecule has 6 nitrogen and oxygen atoms in total. The summed E-state index contributed by atoms with van der Waals surface area (Å²) in [6.07, 6.45) is 4.99. The summed E-state index contributed by atoms with van der Waals surface area (Å²) in [4.78, 5) is 14.4. The number of aliphatic hydroxyl groups is 2. The Morgan fingerprint density at radius 2 is 2.12 bits per heavy atom. The maximum atomic E-state index is 12.6. The highest BCUT2D eigenvalue weighted by Gasteiger charge is 2.43. The number of aryl methyl sites for hydroxylation is 1. The van der Waals surface area contributed by atoms with Crippen LogP contribution in [0.1, 0.15) is 24.0 Å². The van der Waals surface area contributed by atoms with Crippen LogP contribution in [-0.2, 0) is 17.6 Å². The number of carbonyl (C=O) groups excluding carboxylic acids is 1. The van der Waals surface area contributed by atoms with Crippen LogP contribution < -0.4 is 0 Å². The highest BCUT2D eigenvalue weighted by atomic mass is 16.3. The Morgan fingerprint density at radius 3 is 2.80 bits per heavy atom. The monoisotopic (exact) mass is 343 g/mol. The molecule has 1 amide bonds. The lowest BCUT2D eigenvalue weighted by Gasteiger charge is -2.45. The molecule has 3 rings (SSSR count). The van der Waals surface area contributed by atoms with Gasteiger partial charge in [-0.3, -0.25) is 9.89 Å². The molecule has 6 heteroatoms. The van der Waals surface area contributed by atoms with Gasteiger partial charge in [0.1, 0.15) is 0 Å². The molecule has 1 aromatic heterocycles. The Kier molecular flexibility index (Phi) is 5.50. The predicted molar refractivity (Wildman–Crippen MR) is 93.8 cm³/mol. The molecule has 0 spiro atoms. The van der Waals surface area contributed by atoms with Crippen LogP contribution in [0.5, 0.6) is 0 Å². The number of aromatic nitrogens is 2. The number of rotatable bonds is 6. The van der Waals surface area contributed by atoms with Gasteiger partial charge in [-0.15, -0.1) is 0 Å². The van der Waals surface area contributed by atoms with Crippen molar-refractivity contribution in [1.82, 2.24) is 15.1 Å². The molecule has 1 fully saturated rings. The predicted octanol–water partition coefficient (Wildman–Crippen LogP) is 1.16. The summed E-state index contributed by atoms with van der Waals surface area (Å²) in [5, 5.41) is 27.2. The van der Waals surface area contributed by atoms with Crippen molar-refractivity contribution in [3.63, 3.8) is 0 Å². The molecule has 1 aliphatic rings. The fraction of sp³-hybridized carbons (Fsp3) is 0.474. The minimum atomic E-state index is -0.703. The Bertz CT molecular complexity index is 674. The largest absolute Gasteiger partial charge is 0.396 e. The van der Waals surface area contributed by atoms with Crippen LogP contribution in [-0.4, -0.2) is 57.0 Å². The van der Waals surface area contributed by atoms with Gasteiger partial charge in [0.2, 0.25) is 5.91 Å². The molecule has 0 bridgehead atoms. The number of nitrogens with one attached hydrogen (secondary N) is 1. The van der Waals surface area contributed by atoms with Crippen molar-refractivity contribution in [1.29, 1.82) is 0 Å². The molecule has 2 aromatic rings. The summed E-state index contributed by atoms with van der Waals surface area (Å²) in [6.45, 7) is 0.764. The molecular weight excluding hydrogens is 318 g/mol. The first-order valence-corrected chi connectivity index (χ1v) is 8.71. The van der Waals surface area contributed by atoms with Crippen LogP contribution in [0.15, 0.2) is 42.7 Å². The van der Waals surface area contributed by atoms with Crippen molar-refractivity contribution >= 4 is 5.91 Å². The second-order valence-corrected chi connectivity index (χ2v) is 6.91. The first-order chi connectivity index (χ1) is 12.1. The first kappa shape index (κ1) is 17.6. The minimum absolute atomic E-state index is 0.0546. The lowest BCUT2D eigenvalue weighted by Crippen LogP contribution is -2.56. The third-order valence-corrected chi connectivity index (χ3v) is 5.13. The summed E-state index contributed by atoms with van der Waals surface area (Å²) in [5.74, 6) is 0.0546. The number of aromatic amines is 1. The average Bonchev–Trinajstić information content (AvgIpc) is 3.16. The van der Waals surface area contributed by atoms with Crippen LogP contribution in [0.4, 0.5) is 0 Å². The minimum Gasteiger partial charge on any atom is -0.396 e. The quantitative estimate of drug-likeness (QED) is 0.734. The van der Waals surface area contributed by atoms with E-state index in [2.05, 4.69) is 10.2 Å². The maximum absolute atomic E-state index is 12.6. The van der Waals surface area contributed by atoms with Crippen molar-refractivity contribution in [2.75, 3.05) is 19.7 Å². The second-order valence-electron chi connectivity index (χ2n) is 6.91. The summed E-state index contributed by atoms with van der Waals surface area (Å²) in [6, 6.07) is 9.82. The average molecular weight is 343 g/mol. The van der Waals surface area contributed by atoms with Gasteiger partial charge in [-0.2, -0.15) is 5.10 Å². The van der Waals surface area contributed by atoms with E-state index in [1.165, 1.54) is 0 Å². The summed E-state index contributed by atoms with van der Waals surface area (Å²) in [7, 11) is 0. The van der Waals surface area contributed by atoms with E-state index in [1.54, 1.807) is 17.3 Å². The molecule has 0 saturated carbocycles. The molecule has 3 N–H and O–H groups in total. The van der Waals surface area contributed by atoms with E-state index in [9.17, 15) is 15.0 Å². The van der Waals surface area contributed by atoms with Crippen LogP contribution >= 0.6 is 0 Å². The normalized spacial score (nSPS) is 23.6. The fourth-order valence-electron chi connectivity index (χ4n) is 3.57. The van der Waals surface area contributed by atoms with Crippen molar-refractivity contribution in [3.8, 4) is 0 Å². The van der Waals surface area contributed by atoms with Crippen molar-refractivity contribution in [3.05, 3.63) is 53.9 Å². The summed E-state index contributed by atoms with van der Waals surface area (Å²) < 4.78 is 0. The van der Waals surface area contributed by atoms with Gasteiger partial charge in [0.25, 0.3) is 0 Å². The standard InChI is InChI=1S/C19H25N3O3/c23-14-19(10-15-4-2-1-3-5-15)13-22(9-8-17(19)24)18(25)7-6-16-11-20-21-12-16/h1-5,11-12,17,23-24H,6-10,13-14H2,(H,20,21)/t17-,19+/m1/s1. The van der Waals surface area contributed by atoms with Crippen LogP contribution in [0.25, 0.3) is 0 Å². The maximum Gasteiger partial charge on any atom is 0.222 e. The molecule has 0 aliphatic carbocycles. The van der Waals surface area contributed by atoms with E-state index >= 15 is 0 Å². The number of likely N-dealkylation sites (tertiary alicyclic amines) is 1. The number of piperidine rings is 1. The Hall–Kier alpha value is -2.18. The lowest BCUT2D eigenvalue weighted by molar-refractivity contribution is -0.141. The molecule has 1 aliphatic heterocycles. The van der Waals surface area contributed by atoms with Crippen LogP contribution in [0.3, 0.4) is 0 Å². The zero-order valence-corrected chi connectivity index (χ0v) is 14.3. The number of nitrogens with zero attached hydrogens (tertiary/aromatic N) is 2. The Morgan fingerprint density at radius 1 is 1.32 bits per heavy atom.